The van der Waals surface area contributed by atoms with E-state index in [1.54, 1.807) is 12.1 Å². The molecule has 0 aliphatic rings. The standard InChI is InChI=1S/C27H30ClNO4S/c1-3-4-9-22-12-16-24(17-13-22)29(34(31,32)25-18-14-23(28)15-19-25)27(30)11-7-20-33-26-10-6-5-8-21(26)2/h5-6,8,10,12-19H,3-4,7,9,11,20H2,1-2H3. The number of hydrogen-bond donors (Lipinski definition) is 0. The predicted octanol–water partition coefficient (Wildman–Crippen LogP) is 6.57. The predicted molar refractivity (Wildman–Crippen MR) is 137 cm³/mol. The van der Waals surface area contributed by atoms with Crippen LogP contribution in [0.3, 0.4) is 0 Å². The van der Waals surface area contributed by atoms with Crippen molar-refractivity contribution >= 4 is 33.2 Å². The van der Waals surface area contributed by atoms with Gasteiger partial charge in [0, 0.05) is 11.4 Å². The second-order valence-corrected chi connectivity index (χ2v) is 10.3. The van der Waals surface area contributed by atoms with Crippen molar-refractivity contribution in [2.75, 3.05) is 10.9 Å². The summed E-state index contributed by atoms with van der Waals surface area (Å²) in [6.07, 6.45) is 3.43. The first kappa shape index (κ1) is 25.8. The van der Waals surface area contributed by atoms with Crippen LogP contribution in [-0.2, 0) is 21.2 Å². The molecule has 0 atom stereocenters. The van der Waals surface area contributed by atoms with E-state index in [9.17, 15) is 13.2 Å². The average molecular weight is 500 g/mol. The number of nitrogens with zero attached hydrogens (tertiary/aromatic N) is 1. The average Bonchev–Trinajstić information content (AvgIpc) is 2.82. The molecule has 1 amide bonds. The molecule has 0 heterocycles. The summed E-state index contributed by atoms with van der Waals surface area (Å²) in [6, 6.07) is 20.6. The van der Waals surface area contributed by atoms with Gasteiger partial charge < -0.3 is 4.74 Å². The maximum atomic E-state index is 13.5. The van der Waals surface area contributed by atoms with Gasteiger partial charge in [-0.05, 0) is 79.8 Å². The second kappa shape index (κ2) is 12.0. The fourth-order valence-corrected chi connectivity index (χ4v) is 5.11. The van der Waals surface area contributed by atoms with E-state index in [4.69, 9.17) is 16.3 Å². The maximum Gasteiger partial charge on any atom is 0.270 e. The van der Waals surface area contributed by atoms with Crippen molar-refractivity contribution < 1.29 is 17.9 Å². The molecule has 3 rings (SSSR count). The molecule has 0 radical (unpaired) electrons. The molecule has 34 heavy (non-hydrogen) atoms. The smallest absolute Gasteiger partial charge is 0.270 e. The van der Waals surface area contributed by atoms with Gasteiger partial charge in [-0.25, -0.2) is 12.7 Å². The van der Waals surface area contributed by atoms with Crippen LogP contribution in [0.1, 0.15) is 43.7 Å². The highest BCUT2D eigenvalue weighted by atomic mass is 35.5. The van der Waals surface area contributed by atoms with Crippen molar-refractivity contribution in [3.05, 3.63) is 88.9 Å². The molecule has 0 saturated carbocycles. The minimum absolute atomic E-state index is 0.0106. The minimum atomic E-state index is -4.11. The van der Waals surface area contributed by atoms with E-state index in [2.05, 4.69) is 6.92 Å². The number of ether oxygens (including phenoxy) is 1. The summed E-state index contributed by atoms with van der Waals surface area (Å²) in [6.45, 7) is 4.38. The molecule has 0 aromatic heterocycles. The van der Waals surface area contributed by atoms with E-state index >= 15 is 0 Å². The van der Waals surface area contributed by atoms with E-state index < -0.39 is 15.9 Å². The topological polar surface area (TPSA) is 63.7 Å². The van der Waals surface area contributed by atoms with Gasteiger partial charge in [-0.3, -0.25) is 4.79 Å². The van der Waals surface area contributed by atoms with Gasteiger partial charge in [0.25, 0.3) is 10.0 Å². The Bertz CT molecular complexity index is 1190. The zero-order chi connectivity index (χ0) is 24.6. The van der Waals surface area contributed by atoms with Gasteiger partial charge >= 0.3 is 0 Å². The molecule has 3 aromatic rings. The Labute approximate surface area is 207 Å². The van der Waals surface area contributed by atoms with Gasteiger partial charge in [0.05, 0.1) is 17.2 Å². The minimum Gasteiger partial charge on any atom is -0.493 e. The Balaban J connectivity index is 1.80. The third kappa shape index (κ3) is 6.61. The number of carbonyl (C=O) groups is 1. The summed E-state index contributed by atoms with van der Waals surface area (Å²) in [7, 11) is -4.11. The number of amides is 1. The molecular weight excluding hydrogens is 470 g/mol. The Kier molecular flexibility index (Phi) is 9.13. The van der Waals surface area contributed by atoms with Crippen LogP contribution in [0.2, 0.25) is 5.02 Å². The molecule has 0 N–H and O–H groups in total. The fraction of sp³-hybridized carbons (Fsp3) is 0.296. The van der Waals surface area contributed by atoms with Crippen molar-refractivity contribution in [1.82, 2.24) is 0 Å². The van der Waals surface area contributed by atoms with Gasteiger partial charge in [-0.1, -0.05) is 55.3 Å². The summed E-state index contributed by atoms with van der Waals surface area (Å²) in [5.41, 5.74) is 2.43. The van der Waals surface area contributed by atoms with Crippen molar-refractivity contribution in [1.29, 1.82) is 0 Å². The quantitative estimate of drug-likeness (QED) is 0.280. The summed E-state index contributed by atoms with van der Waals surface area (Å²) < 4.78 is 33.6. The fourth-order valence-electron chi connectivity index (χ4n) is 3.53. The third-order valence-corrected chi connectivity index (χ3v) is 7.47. The number of anilines is 1. The molecule has 0 unspecified atom stereocenters. The molecule has 0 saturated heterocycles. The van der Waals surface area contributed by atoms with Crippen LogP contribution in [0.25, 0.3) is 0 Å². The Morgan fingerprint density at radius 2 is 1.62 bits per heavy atom. The summed E-state index contributed by atoms with van der Waals surface area (Å²) in [5, 5.41) is 0.422. The number of carbonyl (C=O) groups excluding carboxylic acids is 1. The van der Waals surface area contributed by atoms with Crippen LogP contribution < -0.4 is 9.04 Å². The molecule has 0 aliphatic carbocycles. The highest BCUT2D eigenvalue weighted by Crippen LogP contribution is 2.27. The van der Waals surface area contributed by atoms with Gasteiger partial charge in [0.1, 0.15) is 5.75 Å². The van der Waals surface area contributed by atoms with Crippen molar-refractivity contribution in [2.24, 2.45) is 0 Å². The summed E-state index contributed by atoms with van der Waals surface area (Å²) in [5.74, 6) is 0.243. The molecule has 7 heteroatoms. The van der Waals surface area contributed by atoms with Crippen LogP contribution in [0, 0.1) is 6.92 Å². The molecule has 0 spiro atoms. The Morgan fingerprint density at radius 1 is 0.941 bits per heavy atom. The van der Waals surface area contributed by atoms with Crippen molar-refractivity contribution in [3.63, 3.8) is 0 Å². The van der Waals surface area contributed by atoms with Crippen LogP contribution in [0.15, 0.2) is 77.7 Å². The van der Waals surface area contributed by atoms with Crippen LogP contribution in [0.4, 0.5) is 5.69 Å². The van der Waals surface area contributed by atoms with Crippen LogP contribution in [0.5, 0.6) is 5.75 Å². The van der Waals surface area contributed by atoms with Crippen molar-refractivity contribution in [2.45, 2.75) is 50.8 Å². The number of unbranched alkanes of at least 4 members (excludes halogenated alkanes) is 1. The van der Waals surface area contributed by atoms with E-state index in [1.807, 2.05) is 43.3 Å². The Morgan fingerprint density at radius 3 is 2.26 bits per heavy atom. The number of para-hydroxylation sites is 1. The molecule has 0 fully saturated rings. The lowest BCUT2D eigenvalue weighted by molar-refractivity contribution is -0.117. The second-order valence-electron chi connectivity index (χ2n) is 8.10. The van der Waals surface area contributed by atoms with Crippen LogP contribution >= 0.6 is 11.6 Å². The highest BCUT2D eigenvalue weighted by Gasteiger charge is 2.30. The number of aryl methyl sites for hydroxylation is 2. The molecule has 3 aromatic carbocycles. The molecule has 0 aliphatic heterocycles. The zero-order valence-electron chi connectivity index (χ0n) is 19.5. The number of benzene rings is 3. The monoisotopic (exact) mass is 499 g/mol. The summed E-state index contributed by atoms with van der Waals surface area (Å²) in [4.78, 5) is 13.2. The largest absolute Gasteiger partial charge is 0.493 e. The molecule has 180 valence electrons. The molecular formula is C27H30ClNO4S. The first-order chi connectivity index (χ1) is 16.3. The van der Waals surface area contributed by atoms with E-state index in [-0.39, 0.29) is 11.3 Å². The van der Waals surface area contributed by atoms with Gasteiger partial charge in [-0.2, -0.15) is 0 Å². The third-order valence-electron chi connectivity index (χ3n) is 5.45. The zero-order valence-corrected chi connectivity index (χ0v) is 21.1. The van der Waals surface area contributed by atoms with E-state index in [0.29, 0.717) is 23.7 Å². The molecule has 0 bridgehead atoms. The lowest BCUT2D eigenvalue weighted by atomic mass is 10.1. The first-order valence-electron chi connectivity index (χ1n) is 11.4. The van der Waals surface area contributed by atoms with E-state index in [1.165, 1.54) is 24.3 Å². The number of hydrogen-bond acceptors (Lipinski definition) is 4. The van der Waals surface area contributed by atoms with Crippen molar-refractivity contribution in [3.8, 4) is 5.75 Å². The van der Waals surface area contributed by atoms with E-state index in [0.717, 1.165) is 40.4 Å². The maximum absolute atomic E-state index is 13.5. The normalized spacial score (nSPS) is 11.3. The first-order valence-corrected chi connectivity index (χ1v) is 13.3. The highest BCUT2D eigenvalue weighted by molar-refractivity contribution is 7.93. The Hall–Kier alpha value is -2.83. The molecule has 5 nitrogen and oxygen atoms in total. The summed E-state index contributed by atoms with van der Waals surface area (Å²) >= 11 is 5.94. The number of sulfonamides is 1. The lowest BCUT2D eigenvalue weighted by Crippen LogP contribution is -2.37. The number of rotatable bonds is 11. The van der Waals surface area contributed by atoms with Crippen LogP contribution in [-0.4, -0.2) is 20.9 Å². The van der Waals surface area contributed by atoms with Gasteiger partial charge in [0.2, 0.25) is 5.91 Å². The SMILES string of the molecule is CCCCc1ccc(N(C(=O)CCCOc2ccccc2C)S(=O)(=O)c2ccc(Cl)cc2)cc1. The van der Waals surface area contributed by atoms with Gasteiger partial charge in [-0.15, -0.1) is 0 Å². The lowest BCUT2D eigenvalue weighted by Gasteiger charge is -2.23. The number of halogens is 1. The van der Waals surface area contributed by atoms with Gasteiger partial charge in [0.15, 0.2) is 0 Å².